The maximum Gasteiger partial charge on any atom is 0.148 e. The summed E-state index contributed by atoms with van der Waals surface area (Å²) in [5.41, 5.74) is 2.04. The minimum Gasteiger partial charge on any atom is -0.387 e. The van der Waals surface area contributed by atoms with Gasteiger partial charge in [0.15, 0.2) is 0 Å². The Kier molecular flexibility index (Phi) is 4.76. The van der Waals surface area contributed by atoms with Crippen molar-refractivity contribution in [2.45, 2.75) is 18.1 Å². The van der Waals surface area contributed by atoms with Crippen LogP contribution < -0.4 is 5.32 Å². The number of anilines is 1. The number of hydrogen-bond donors (Lipinski definition) is 2. The van der Waals surface area contributed by atoms with Gasteiger partial charge < -0.3 is 10.4 Å². The number of nitrogens with one attached hydrogen (secondary N) is 1. The molecule has 0 bridgehead atoms. The molecule has 1 unspecified atom stereocenters. The van der Waals surface area contributed by atoms with Crippen LogP contribution in [0.3, 0.4) is 0 Å². The summed E-state index contributed by atoms with van der Waals surface area (Å²) in [7, 11) is 0. The van der Waals surface area contributed by atoms with Gasteiger partial charge in [0, 0.05) is 6.54 Å². The largest absolute Gasteiger partial charge is 0.387 e. The number of aliphatic hydroxyl groups is 1. The van der Waals surface area contributed by atoms with Crippen molar-refractivity contribution in [3.05, 3.63) is 47.5 Å². The summed E-state index contributed by atoms with van der Waals surface area (Å²) in [6.45, 7) is 2.42. The van der Waals surface area contributed by atoms with Gasteiger partial charge in [-0.25, -0.2) is 0 Å². The zero-order chi connectivity index (χ0) is 13.7. The quantitative estimate of drug-likeness (QED) is 0.822. The molecule has 1 heterocycles. The Morgan fingerprint density at radius 2 is 2.11 bits per heavy atom. The normalized spacial score (nSPS) is 12.2. The lowest BCUT2D eigenvalue weighted by molar-refractivity contribution is 0.191. The molecule has 2 N–H and O–H groups in total. The molecule has 4 nitrogen and oxygen atoms in total. The van der Waals surface area contributed by atoms with Gasteiger partial charge in [-0.1, -0.05) is 29.8 Å². The molecule has 0 saturated heterocycles. The van der Waals surface area contributed by atoms with Crippen molar-refractivity contribution in [1.82, 2.24) is 10.2 Å². The Hall–Kier alpha value is -1.59. The second kappa shape index (κ2) is 6.54. The molecule has 0 saturated carbocycles. The Balaban J connectivity index is 1.94. The molecule has 0 radical (unpaired) electrons. The van der Waals surface area contributed by atoms with Gasteiger partial charge >= 0.3 is 0 Å². The first-order chi connectivity index (χ1) is 9.19. The van der Waals surface area contributed by atoms with Crippen LogP contribution in [0, 0.1) is 6.92 Å². The molecule has 5 heteroatoms. The van der Waals surface area contributed by atoms with Crippen molar-refractivity contribution in [2.75, 3.05) is 18.1 Å². The first-order valence-electron chi connectivity index (χ1n) is 6.05. The predicted octanol–water partition coefficient (Wildman–Crippen LogP) is 2.65. The predicted molar refractivity (Wildman–Crippen MR) is 78.4 cm³/mol. The van der Waals surface area contributed by atoms with E-state index in [9.17, 15) is 5.11 Å². The number of hydrogen-bond acceptors (Lipinski definition) is 5. The molecular formula is C14H17N3OS. The first kappa shape index (κ1) is 13.8. The van der Waals surface area contributed by atoms with Gasteiger partial charge in [-0.2, -0.15) is 0 Å². The summed E-state index contributed by atoms with van der Waals surface area (Å²) < 4.78 is 0. The first-order valence-corrected chi connectivity index (χ1v) is 7.28. The maximum absolute atomic E-state index is 10.1. The van der Waals surface area contributed by atoms with Crippen molar-refractivity contribution in [2.24, 2.45) is 0 Å². The Labute approximate surface area is 117 Å². The lowest BCUT2D eigenvalue weighted by Gasteiger charge is -2.13. The average Bonchev–Trinajstić information content (AvgIpc) is 2.45. The van der Waals surface area contributed by atoms with Crippen LogP contribution in [0.5, 0.6) is 0 Å². The summed E-state index contributed by atoms with van der Waals surface area (Å²) in [6.07, 6.45) is 1.40. The zero-order valence-corrected chi connectivity index (χ0v) is 11.8. The topological polar surface area (TPSA) is 58.0 Å². The molecule has 0 aliphatic rings. The van der Waals surface area contributed by atoms with Crippen LogP contribution >= 0.6 is 11.8 Å². The molecule has 19 heavy (non-hydrogen) atoms. The van der Waals surface area contributed by atoms with E-state index in [0.717, 1.165) is 16.2 Å². The van der Waals surface area contributed by atoms with E-state index in [-0.39, 0.29) is 0 Å². The highest BCUT2D eigenvalue weighted by Crippen LogP contribution is 2.16. The van der Waals surface area contributed by atoms with Crippen LogP contribution in [0.1, 0.15) is 17.2 Å². The van der Waals surface area contributed by atoms with Crippen LogP contribution in [0.25, 0.3) is 0 Å². The standard InChI is InChI=1S/C14H17N3OS/c1-10-4-3-5-11(8-10)12(18)9-15-13-6-7-14(19-2)17-16-13/h3-8,12,18H,9H2,1-2H3,(H,15,16). The molecule has 0 amide bonds. The van der Waals surface area contributed by atoms with Gasteiger partial charge in [0.05, 0.1) is 6.10 Å². The number of thioether (sulfide) groups is 1. The van der Waals surface area contributed by atoms with E-state index in [1.165, 1.54) is 0 Å². The minimum atomic E-state index is -0.554. The number of aryl methyl sites for hydroxylation is 1. The van der Waals surface area contributed by atoms with Crippen LogP contribution in [0.4, 0.5) is 5.82 Å². The van der Waals surface area contributed by atoms with Gasteiger partial charge in [0.2, 0.25) is 0 Å². The fourth-order valence-corrected chi connectivity index (χ4v) is 2.05. The second-order valence-corrected chi connectivity index (χ2v) is 5.10. The molecule has 0 fully saturated rings. The summed E-state index contributed by atoms with van der Waals surface area (Å²) in [4.78, 5) is 0. The van der Waals surface area contributed by atoms with Crippen molar-refractivity contribution >= 4 is 17.6 Å². The van der Waals surface area contributed by atoms with E-state index in [4.69, 9.17) is 0 Å². The number of nitrogens with zero attached hydrogens (tertiary/aromatic N) is 2. The lowest BCUT2D eigenvalue weighted by Crippen LogP contribution is -2.13. The second-order valence-electron chi connectivity index (χ2n) is 4.27. The Morgan fingerprint density at radius 3 is 2.74 bits per heavy atom. The van der Waals surface area contributed by atoms with Crippen LogP contribution in [0.15, 0.2) is 41.4 Å². The summed E-state index contributed by atoms with van der Waals surface area (Å²) in [5.74, 6) is 0.671. The van der Waals surface area contributed by atoms with E-state index >= 15 is 0 Å². The molecule has 0 spiro atoms. The van der Waals surface area contributed by atoms with Crippen LogP contribution in [-0.4, -0.2) is 28.1 Å². The SMILES string of the molecule is CSc1ccc(NCC(O)c2cccc(C)c2)nn1. The fraction of sp³-hybridized carbons (Fsp3) is 0.286. The van der Waals surface area contributed by atoms with Crippen LogP contribution in [-0.2, 0) is 0 Å². The highest BCUT2D eigenvalue weighted by Gasteiger charge is 2.07. The van der Waals surface area contributed by atoms with Crippen LogP contribution in [0.2, 0.25) is 0 Å². The minimum absolute atomic E-state index is 0.413. The molecule has 1 atom stereocenters. The molecule has 100 valence electrons. The van der Waals surface area contributed by atoms with E-state index in [2.05, 4.69) is 15.5 Å². The van der Waals surface area contributed by atoms with Gasteiger partial charge in [0.1, 0.15) is 10.8 Å². The Bertz CT molecular complexity index is 530. The van der Waals surface area contributed by atoms with Gasteiger partial charge in [-0.05, 0) is 30.9 Å². The zero-order valence-electron chi connectivity index (χ0n) is 11.0. The van der Waals surface area contributed by atoms with Gasteiger partial charge in [-0.3, -0.25) is 0 Å². The number of aliphatic hydroxyl groups excluding tert-OH is 1. The van der Waals surface area contributed by atoms with Crippen molar-refractivity contribution < 1.29 is 5.11 Å². The smallest absolute Gasteiger partial charge is 0.148 e. The molecule has 0 aliphatic carbocycles. The van der Waals surface area contributed by atoms with Gasteiger partial charge in [0.25, 0.3) is 0 Å². The van der Waals surface area contributed by atoms with Crippen molar-refractivity contribution in [3.8, 4) is 0 Å². The van der Waals surface area contributed by atoms with Gasteiger partial charge in [-0.15, -0.1) is 22.0 Å². The highest BCUT2D eigenvalue weighted by molar-refractivity contribution is 7.98. The molecule has 1 aromatic heterocycles. The summed E-state index contributed by atoms with van der Waals surface area (Å²) >= 11 is 1.55. The maximum atomic E-state index is 10.1. The number of benzene rings is 1. The third-order valence-electron chi connectivity index (χ3n) is 2.75. The van der Waals surface area contributed by atoms with E-state index in [1.54, 1.807) is 11.8 Å². The fourth-order valence-electron chi connectivity index (χ4n) is 1.72. The van der Waals surface area contributed by atoms with E-state index in [0.29, 0.717) is 12.4 Å². The summed E-state index contributed by atoms with van der Waals surface area (Å²) in [5, 5.41) is 22.1. The third-order valence-corrected chi connectivity index (χ3v) is 3.39. The molecule has 2 rings (SSSR count). The van der Waals surface area contributed by atoms with E-state index < -0.39 is 6.10 Å². The monoisotopic (exact) mass is 275 g/mol. The molecule has 2 aromatic rings. The third kappa shape index (κ3) is 3.94. The number of aromatic nitrogens is 2. The molecule has 1 aromatic carbocycles. The average molecular weight is 275 g/mol. The van der Waals surface area contributed by atoms with Crippen molar-refractivity contribution in [3.63, 3.8) is 0 Å². The molecular weight excluding hydrogens is 258 g/mol. The Morgan fingerprint density at radius 1 is 1.26 bits per heavy atom. The highest BCUT2D eigenvalue weighted by atomic mass is 32.2. The van der Waals surface area contributed by atoms with E-state index in [1.807, 2.05) is 49.6 Å². The summed E-state index contributed by atoms with van der Waals surface area (Å²) in [6, 6.07) is 11.6. The lowest BCUT2D eigenvalue weighted by atomic mass is 10.1. The number of rotatable bonds is 5. The van der Waals surface area contributed by atoms with Crippen molar-refractivity contribution in [1.29, 1.82) is 0 Å². The molecule has 0 aliphatic heterocycles.